The van der Waals surface area contributed by atoms with Crippen molar-refractivity contribution in [3.05, 3.63) is 59.1 Å². The lowest BCUT2D eigenvalue weighted by atomic mass is 10.1. The number of carbonyl (C=O) groups is 1. The maximum atomic E-state index is 12.6. The quantitative estimate of drug-likeness (QED) is 0.797. The van der Waals surface area contributed by atoms with E-state index < -0.39 is 0 Å². The molecule has 1 aliphatic rings. The lowest BCUT2D eigenvalue weighted by Crippen LogP contribution is -2.30. The fourth-order valence-corrected chi connectivity index (χ4v) is 2.82. The summed E-state index contributed by atoms with van der Waals surface area (Å²) in [7, 11) is 0. The van der Waals surface area contributed by atoms with Crippen LogP contribution in [0.4, 0.5) is 0 Å². The van der Waals surface area contributed by atoms with E-state index in [1.165, 1.54) is 0 Å². The standard InChI is InChI=1S/C15H14ClN3O/c16-14-10-12(5-8-18-14)15(20)19-9-1-2-13(19)11-3-6-17-7-4-11/h3-8,10,13H,1-2,9H2. The first-order valence-electron chi connectivity index (χ1n) is 6.58. The lowest BCUT2D eigenvalue weighted by molar-refractivity contribution is 0.0735. The molecule has 0 spiro atoms. The van der Waals surface area contributed by atoms with Gasteiger partial charge in [0, 0.05) is 30.7 Å². The number of amides is 1. The number of likely N-dealkylation sites (tertiary alicyclic amines) is 1. The van der Waals surface area contributed by atoms with Crippen LogP contribution in [0, 0.1) is 0 Å². The van der Waals surface area contributed by atoms with E-state index in [4.69, 9.17) is 11.6 Å². The van der Waals surface area contributed by atoms with Crippen LogP contribution in [0.5, 0.6) is 0 Å². The van der Waals surface area contributed by atoms with Crippen molar-refractivity contribution in [1.29, 1.82) is 0 Å². The number of pyridine rings is 2. The van der Waals surface area contributed by atoms with Crippen molar-refractivity contribution in [2.45, 2.75) is 18.9 Å². The minimum absolute atomic E-state index is 0.00797. The van der Waals surface area contributed by atoms with Gasteiger partial charge in [0.05, 0.1) is 6.04 Å². The molecule has 0 N–H and O–H groups in total. The summed E-state index contributed by atoms with van der Waals surface area (Å²) in [5, 5.41) is 0.343. The van der Waals surface area contributed by atoms with Gasteiger partial charge >= 0.3 is 0 Å². The van der Waals surface area contributed by atoms with Gasteiger partial charge in [-0.3, -0.25) is 9.78 Å². The molecule has 0 aliphatic carbocycles. The number of hydrogen-bond acceptors (Lipinski definition) is 3. The zero-order valence-electron chi connectivity index (χ0n) is 10.9. The normalized spacial score (nSPS) is 18.2. The molecule has 3 heterocycles. The summed E-state index contributed by atoms with van der Waals surface area (Å²) in [4.78, 5) is 22.5. The molecule has 1 unspecified atom stereocenters. The molecule has 3 rings (SSSR count). The average Bonchev–Trinajstić information content (AvgIpc) is 2.97. The summed E-state index contributed by atoms with van der Waals surface area (Å²) in [6.07, 6.45) is 7.08. The molecule has 2 aromatic heterocycles. The highest BCUT2D eigenvalue weighted by Gasteiger charge is 2.30. The van der Waals surface area contributed by atoms with E-state index in [1.54, 1.807) is 30.7 Å². The van der Waals surface area contributed by atoms with Crippen molar-refractivity contribution >= 4 is 17.5 Å². The third-order valence-corrected chi connectivity index (χ3v) is 3.78. The Morgan fingerprint density at radius 3 is 2.80 bits per heavy atom. The maximum absolute atomic E-state index is 12.6. The minimum Gasteiger partial charge on any atom is -0.332 e. The predicted octanol–water partition coefficient (Wildman–Crippen LogP) is 3.11. The van der Waals surface area contributed by atoms with Crippen molar-refractivity contribution < 1.29 is 4.79 Å². The number of rotatable bonds is 2. The second-order valence-corrected chi connectivity index (χ2v) is 5.19. The summed E-state index contributed by atoms with van der Waals surface area (Å²) >= 11 is 5.86. The van der Waals surface area contributed by atoms with Gasteiger partial charge < -0.3 is 4.90 Å². The first-order chi connectivity index (χ1) is 9.75. The molecular formula is C15H14ClN3O. The Morgan fingerprint density at radius 1 is 1.25 bits per heavy atom. The van der Waals surface area contributed by atoms with E-state index in [-0.39, 0.29) is 11.9 Å². The predicted molar refractivity (Wildman–Crippen MR) is 76.5 cm³/mol. The van der Waals surface area contributed by atoms with Gasteiger partial charge in [-0.1, -0.05) is 11.6 Å². The van der Waals surface area contributed by atoms with Crippen LogP contribution in [-0.4, -0.2) is 27.3 Å². The van der Waals surface area contributed by atoms with Crippen LogP contribution in [0.15, 0.2) is 42.9 Å². The third kappa shape index (κ3) is 2.51. The Bertz CT molecular complexity index is 618. The van der Waals surface area contributed by atoms with E-state index in [1.807, 2.05) is 17.0 Å². The second-order valence-electron chi connectivity index (χ2n) is 4.80. The van der Waals surface area contributed by atoms with E-state index in [2.05, 4.69) is 9.97 Å². The van der Waals surface area contributed by atoms with Gasteiger partial charge in [0.2, 0.25) is 0 Å². The summed E-state index contributed by atoms with van der Waals surface area (Å²) in [6.45, 7) is 0.770. The van der Waals surface area contributed by atoms with E-state index in [0.717, 1.165) is 24.9 Å². The molecule has 1 atom stereocenters. The van der Waals surface area contributed by atoms with E-state index in [0.29, 0.717) is 10.7 Å². The topological polar surface area (TPSA) is 46.1 Å². The summed E-state index contributed by atoms with van der Waals surface area (Å²) in [6, 6.07) is 7.38. The molecule has 0 aromatic carbocycles. The van der Waals surface area contributed by atoms with Gasteiger partial charge in [0.1, 0.15) is 5.15 Å². The molecule has 5 heteroatoms. The maximum Gasteiger partial charge on any atom is 0.254 e. The molecule has 20 heavy (non-hydrogen) atoms. The molecule has 102 valence electrons. The summed E-state index contributed by atoms with van der Waals surface area (Å²) < 4.78 is 0. The monoisotopic (exact) mass is 287 g/mol. The molecule has 2 aromatic rings. The molecular weight excluding hydrogens is 274 g/mol. The molecule has 0 bridgehead atoms. The number of carbonyl (C=O) groups excluding carboxylic acids is 1. The van der Waals surface area contributed by atoms with Crippen LogP contribution in [0.1, 0.15) is 34.8 Å². The zero-order chi connectivity index (χ0) is 13.9. The number of aromatic nitrogens is 2. The highest BCUT2D eigenvalue weighted by Crippen LogP contribution is 2.32. The molecule has 1 saturated heterocycles. The first kappa shape index (κ1) is 13.1. The molecule has 4 nitrogen and oxygen atoms in total. The largest absolute Gasteiger partial charge is 0.332 e. The van der Waals surface area contributed by atoms with Crippen LogP contribution in [0.25, 0.3) is 0 Å². The average molecular weight is 288 g/mol. The number of hydrogen-bond donors (Lipinski definition) is 0. The molecule has 1 fully saturated rings. The van der Waals surface area contributed by atoms with Crippen LogP contribution < -0.4 is 0 Å². The van der Waals surface area contributed by atoms with Gasteiger partial charge in [-0.2, -0.15) is 0 Å². The Hall–Kier alpha value is -1.94. The highest BCUT2D eigenvalue weighted by molar-refractivity contribution is 6.29. The zero-order valence-corrected chi connectivity index (χ0v) is 11.6. The van der Waals surface area contributed by atoms with Crippen LogP contribution in [0.2, 0.25) is 5.15 Å². The van der Waals surface area contributed by atoms with Crippen LogP contribution in [0.3, 0.4) is 0 Å². The Labute approximate surface area is 122 Å². The van der Waals surface area contributed by atoms with Gasteiger partial charge in [-0.15, -0.1) is 0 Å². The lowest BCUT2D eigenvalue weighted by Gasteiger charge is -2.25. The Balaban J connectivity index is 1.87. The molecule has 1 aliphatic heterocycles. The third-order valence-electron chi connectivity index (χ3n) is 3.58. The summed E-state index contributed by atoms with van der Waals surface area (Å²) in [5.41, 5.74) is 1.72. The molecule has 0 radical (unpaired) electrons. The smallest absolute Gasteiger partial charge is 0.254 e. The van der Waals surface area contributed by atoms with Crippen LogP contribution >= 0.6 is 11.6 Å². The minimum atomic E-state index is 0.00797. The van der Waals surface area contributed by atoms with Crippen molar-refractivity contribution in [3.63, 3.8) is 0 Å². The summed E-state index contributed by atoms with van der Waals surface area (Å²) in [5.74, 6) is 0.00797. The van der Waals surface area contributed by atoms with Gasteiger partial charge in [0.15, 0.2) is 0 Å². The van der Waals surface area contributed by atoms with Gasteiger partial charge in [-0.25, -0.2) is 4.98 Å². The Kier molecular flexibility index (Phi) is 3.65. The van der Waals surface area contributed by atoms with Crippen LogP contribution in [-0.2, 0) is 0 Å². The van der Waals surface area contributed by atoms with E-state index in [9.17, 15) is 4.79 Å². The van der Waals surface area contributed by atoms with Crippen molar-refractivity contribution in [2.24, 2.45) is 0 Å². The molecule has 0 saturated carbocycles. The SMILES string of the molecule is O=C(c1ccnc(Cl)c1)N1CCCC1c1ccncc1. The van der Waals surface area contributed by atoms with Gasteiger partial charge in [0.25, 0.3) is 5.91 Å². The van der Waals surface area contributed by atoms with Crippen molar-refractivity contribution in [2.75, 3.05) is 6.54 Å². The van der Waals surface area contributed by atoms with E-state index >= 15 is 0 Å². The highest BCUT2D eigenvalue weighted by atomic mass is 35.5. The van der Waals surface area contributed by atoms with Crippen molar-refractivity contribution in [3.8, 4) is 0 Å². The number of nitrogens with zero attached hydrogens (tertiary/aromatic N) is 3. The van der Waals surface area contributed by atoms with Gasteiger partial charge in [-0.05, 0) is 42.7 Å². The first-order valence-corrected chi connectivity index (χ1v) is 6.96. The molecule has 1 amide bonds. The fourth-order valence-electron chi connectivity index (χ4n) is 2.64. The van der Waals surface area contributed by atoms with Crippen molar-refractivity contribution in [1.82, 2.24) is 14.9 Å². The second kappa shape index (κ2) is 5.59. The fraction of sp³-hybridized carbons (Fsp3) is 0.267. The Morgan fingerprint density at radius 2 is 2.05 bits per heavy atom. The number of halogens is 1.